The van der Waals surface area contributed by atoms with Gasteiger partial charge in [0.2, 0.25) is 5.91 Å². The highest BCUT2D eigenvalue weighted by Crippen LogP contribution is 2.38. The Balaban J connectivity index is 1.34. The number of carbonyl (C=O) groups is 1. The Morgan fingerprint density at radius 2 is 2.03 bits per heavy atom. The van der Waals surface area contributed by atoms with E-state index in [4.69, 9.17) is 0 Å². The minimum atomic E-state index is -0.277. The number of benzene rings is 1. The fraction of sp³-hybridized carbons (Fsp3) is 0.435. The molecule has 1 saturated heterocycles. The summed E-state index contributed by atoms with van der Waals surface area (Å²) in [6, 6.07) is 8.12. The molecule has 1 amide bonds. The number of aliphatic hydroxyl groups excluding tert-OH is 1. The summed E-state index contributed by atoms with van der Waals surface area (Å²) in [5.74, 6) is 0.692. The summed E-state index contributed by atoms with van der Waals surface area (Å²) in [5.41, 5.74) is 2.97. The number of nitrogens with zero attached hydrogens (tertiary/aromatic N) is 3. The van der Waals surface area contributed by atoms with Crippen LogP contribution < -0.4 is 5.56 Å². The summed E-state index contributed by atoms with van der Waals surface area (Å²) < 4.78 is 1.55. The molecule has 1 aliphatic carbocycles. The van der Waals surface area contributed by atoms with Gasteiger partial charge in [-0.25, -0.2) is 4.98 Å². The lowest BCUT2D eigenvalue weighted by molar-refractivity contribution is -0.130. The molecular weight excluding hydrogens is 398 g/mol. The van der Waals surface area contributed by atoms with E-state index in [-0.39, 0.29) is 29.9 Å². The van der Waals surface area contributed by atoms with Crippen molar-refractivity contribution < 1.29 is 9.90 Å². The molecule has 30 heavy (non-hydrogen) atoms. The van der Waals surface area contributed by atoms with Crippen LogP contribution in [0.2, 0.25) is 0 Å². The molecule has 0 radical (unpaired) electrons. The third kappa shape index (κ3) is 3.36. The Bertz CT molecular complexity index is 1150. The smallest absolute Gasteiger partial charge is 0.262 e. The highest BCUT2D eigenvalue weighted by molar-refractivity contribution is 7.17. The van der Waals surface area contributed by atoms with Gasteiger partial charge in [-0.2, -0.15) is 0 Å². The molecule has 1 aliphatic heterocycles. The Labute approximate surface area is 178 Å². The van der Waals surface area contributed by atoms with Gasteiger partial charge in [-0.05, 0) is 31.2 Å². The van der Waals surface area contributed by atoms with Crippen LogP contribution in [0.15, 0.2) is 40.8 Å². The van der Waals surface area contributed by atoms with E-state index in [0.29, 0.717) is 24.4 Å². The molecule has 7 heteroatoms. The van der Waals surface area contributed by atoms with Crippen LogP contribution in [0.5, 0.6) is 0 Å². The van der Waals surface area contributed by atoms with E-state index in [0.717, 1.165) is 35.3 Å². The van der Waals surface area contributed by atoms with Gasteiger partial charge in [0.15, 0.2) is 0 Å². The van der Waals surface area contributed by atoms with Crippen LogP contribution >= 0.6 is 11.3 Å². The lowest BCUT2D eigenvalue weighted by atomic mass is 10.00. The third-order valence-corrected chi connectivity index (χ3v) is 7.55. The van der Waals surface area contributed by atoms with Crippen LogP contribution in [0.4, 0.5) is 0 Å². The van der Waals surface area contributed by atoms with Crippen molar-refractivity contribution >= 4 is 27.5 Å². The first kappa shape index (κ1) is 19.5. The van der Waals surface area contributed by atoms with Gasteiger partial charge in [-0.3, -0.25) is 14.2 Å². The van der Waals surface area contributed by atoms with Crippen LogP contribution in [0.25, 0.3) is 21.3 Å². The topological polar surface area (TPSA) is 75.4 Å². The average molecular weight is 424 g/mol. The average Bonchev–Trinajstić information content (AvgIpc) is 3.44. The number of aromatic nitrogens is 2. The number of aryl methyl sites for hydroxylation is 2. The Morgan fingerprint density at radius 1 is 1.23 bits per heavy atom. The standard InChI is InChI=1S/C23H25N3O3S/c1-14-2-4-15(5-3-14)18-12-30-22-21(18)23(29)25(13-24-22)9-8-20(28)26-10-16-6-7-19(27)17(16)11-26/h2-5,12-13,16-17,19,27H,6-11H2,1H3. The van der Waals surface area contributed by atoms with Crippen molar-refractivity contribution in [2.45, 2.75) is 38.8 Å². The van der Waals surface area contributed by atoms with Crippen LogP contribution in [-0.4, -0.2) is 44.7 Å². The van der Waals surface area contributed by atoms with E-state index in [1.54, 1.807) is 10.9 Å². The van der Waals surface area contributed by atoms with Crippen molar-refractivity contribution in [3.05, 3.63) is 51.9 Å². The van der Waals surface area contributed by atoms with Crippen molar-refractivity contribution in [3.8, 4) is 11.1 Å². The summed E-state index contributed by atoms with van der Waals surface area (Å²) in [6.07, 6.45) is 3.39. The van der Waals surface area contributed by atoms with Gasteiger partial charge in [0.25, 0.3) is 5.56 Å². The number of likely N-dealkylation sites (tertiary alicyclic amines) is 1. The second-order valence-corrected chi connectivity index (χ2v) is 9.41. The number of carbonyl (C=O) groups excluding carboxylic acids is 1. The van der Waals surface area contributed by atoms with Gasteiger partial charge in [0, 0.05) is 42.9 Å². The van der Waals surface area contributed by atoms with Crippen molar-refractivity contribution in [2.75, 3.05) is 13.1 Å². The van der Waals surface area contributed by atoms with Crippen molar-refractivity contribution in [2.24, 2.45) is 11.8 Å². The van der Waals surface area contributed by atoms with Crippen LogP contribution in [0, 0.1) is 18.8 Å². The quantitative estimate of drug-likeness (QED) is 0.700. The lowest BCUT2D eigenvalue weighted by Crippen LogP contribution is -2.32. The van der Waals surface area contributed by atoms with Crippen molar-refractivity contribution in [1.82, 2.24) is 14.5 Å². The largest absolute Gasteiger partial charge is 0.393 e. The molecule has 2 aliphatic rings. The van der Waals surface area contributed by atoms with Gasteiger partial charge in [0.1, 0.15) is 4.83 Å². The molecule has 6 nitrogen and oxygen atoms in total. The van der Waals surface area contributed by atoms with Crippen molar-refractivity contribution in [1.29, 1.82) is 0 Å². The monoisotopic (exact) mass is 423 g/mol. The fourth-order valence-corrected chi connectivity index (χ4v) is 5.79. The molecule has 3 heterocycles. The number of hydrogen-bond acceptors (Lipinski definition) is 5. The zero-order chi connectivity index (χ0) is 20.8. The molecule has 1 aromatic carbocycles. The second-order valence-electron chi connectivity index (χ2n) is 8.56. The van der Waals surface area contributed by atoms with Gasteiger partial charge >= 0.3 is 0 Å². The van der Waals surface area contributed by atoms with Crippen LogP contribution in [0.3, 0.4) is 0 Å². The molecule has 1 N–H and O–H groups in total. The first-order valence-corrected chi connectivity index (χ1v) is 11.4. The van der Waals surface area contributed by atoms with E-state index >= 15 is 0 Å². The minimum absolute atomic E-state index is 0.0488. The predicted molar refractivity (Wildman–Crippen MR) is 117 cm³/mol. The van der Waals surface area contributed by atoms with E-state index in [1.807, 2.05) is 41.5 Å². The van der Waals surface area contributed by atoms with E-state index < -0.39 is 0 Å². The Morgan fingerprint density at radius 3 is 2.80 bits per heavy atom. The summed E-state index contributed by atoms with van der Waals surface area (Å²) in [4.78, 5) is 32.9. The molecule has 3 aromatic rings. The summed E-state index contributed by atoms with van der Waals surface area (Å²) in [5, 5.41) is 12.7. The first-order chi connectivity index (χ1) is 14.5. The maximum Gasteiger partial charge on any atom is 0.262 e. The molecule has 5 rings (SSSR count). The predicted octanol–water partition coefficient (Wildman–Crippen LogP) is 3.05. The van der Waals surface area contributed by atoms with Gasteiger partial charge in [0.05, 0.1) is 17.8 Å². The fourth-order valence-electron chi connectivity index (χ4n) is 4.89. The number of hydrogen-bond donors (Lipinski definition) is 1. The van der Waals surface area contributed by atoms with E-state index in [2.05, 4.69) is 4.98 Å². The first-order valence-electron chi connectivity index (χ1n) is 10.5. The highest BCUT2D eigenvalue weighted by atomic mass is 32.1. The number of amides is 1. The van der Waals surface area contributed by atoms with Crippen LogP contribution in [0.1, 0.15) is 24.8 Å². The highest BCUT2D eigenvalue weighted by Gasteiger charge is 2.43. The zero-order valence-corrected chi connectivity index (χ0v) is 17.8. The molecule has 2 fully saturated rings. The maximum atomic E-state index is 13.2. The molecule has 156 valence electrons. The second kappa shape index (κ2) is 7.63. The number of thiophene rings is 1. The number of aliphatic hydroxyl groups is 1. The SMILES string of the molecule is Cc1ccc(-c2csc3ncn(CCC(=O)N4CC5CCC(O)C5C4)c(=O)c23)cc1. The molecule has 3 unspecified atom stereocenters. The molecule has 0 bridgehead atoms. The Kier molecular flexibility index (Phi) is 4.95. The molecular formula is C23H25N3O3S. The van der Waals surface area contributed by atoms with Gasteiger partial charge in [-0.15, -0.1) is 11.3 Å². The molecule has 2 aromatic heterocycles. The zero-order valence-electron chi connectivity index (χ0n) is 17.0. The minimum Gasteiger partial charge on any atom is -0.393 e. The summed E-state index contributed by atoms with van der Waals surface area (Å²) >= 11 is 1.47. The van der Waals surface area contributed by atoms with Crippen LogP contribution in [-0.2, 0) is 11.3 Å². The Hall–Kier alpha value is -2.51. The molecule has 3 atom stereocenters. The normalized spacial score (nSPS) is 23.3. The summed E-state index contributed by atoms with van der Waals surface area (Å²) in [6.45, 7) is 3.72. The maximum absolute atomic E-state index is 13.2. The van der Waals surface area contributed by atoms with E-state index in [9.17, 15) is 14.7 Å². The summed E-state index contributed by atoms with van der Waals surface area (Å²) in [7, 11) is 0. The van der Waals surface area contributed by atoms with E-state index in [1.165, 1.54) is 16.9 Å². The molecule has 1 saturated carbocycles. The molecule has 0 spiro atoms. The number of rotatable bonds is 4. The lowest BCUT2D eigenvalue weighted by Gasteiger charge is -2.18. The van der Waals surface area contributed by atoms with Gasteiger partial charge < -0.3 is 10.0 Å². The number of fused-ring (bicyclic) bond motifs is 2. The van der Waals surface area contributed by atoms with Crippen molar-refractivity contribution in [3.63, 3.8) is 0 Å². The third-order valence-electron chi connectivity index (χ3n) is 6.66. The van der Waals surface area contributed by atoms with Gasteiger partial charge in [-0.1, -0.05) is 29.8 Å².